The second-order valence-electron chi connectivity index (χ2n) is 6.47. The molecule has 0 radical (unpaired) electrons. The van der Waals surface area contributed by atoms with Gasteiger partial charge in [-0.15, -0.1) is 0 Å². The number of nitrogens with zero attached hydrogens (tertiary/aromatic N) is 2. The summed E-state index contributed by atoms with van der Waals surface area (Å²) in [5.41, 5.74) is 4.99. The lowest BCUT2D eigenvalue weighted by atomic mass is 10.1. The SMILES string of the molecule is CCN(CC)c1ccc(NC(=O)Nc2ccc(N(CC)CC)cc2C)cc1. The number of anilines is 4. The van der Waals surface area contributed by atoms with Crippen LogP contribution in [0.3, 0.4) is 0 Å². The van der Waals surface area contributed by atoms with E-state index in [-0.39, 0.29) is 6.03 Å². The van der Waals surface area contributed by atoms with Crippen molar-refractivity contribution in [2.75, 3.05) is 46.6 Å². The predicted molar refractivity (Wildman–Crippen MR) is 117 cm³/mol. The molecule has 2 rings (SSSR count). The molecule has 0 aliphatic rings. The summed E-state index contributed by atoms with van der Waals surface area (Å²) < 4.78 is 0. The van der Waals surface area contributed by atoms with Crippen molar-refractivity contribution < 1.29 is 4.79 Å². The van der Waals surface area contributed by atoms with Crippen LogP contribution in [-0.2, 0) is 0 Å². The number of amides is 2. The van der Waals surface area contributed by atoms with Crippen molar-refractivity contribution in [3.63, 3.8) is 0 Å². The van der Waals surface area contributed by atoms with E-state index in [0.29, 0.717) is 0 Å². The van der Waals surface area contributed by atoms with Crippen LogP contribution in [0.5, 0.6) is 0 Å². The first kappa shape index (κ1) is 20.6. The Morgan fingerprint density at radius 3 is 1.81 bits per heavy atom. The first-order chi connectivity index (χ1) is 13.0. The van der Waals surface area contributed by atoms with E-state index in [2.05, 4.69) is 60.3 Å². The van der Waals surface area contributed by atoms with Gasteiger partial charge in [0.15, 0.2) is 0 Å². The summed E-state index contributed by atoms with van der Waals surface area (Å²) in [7, 11) is 0. The van der Waals surface area contributed by atoms with Crippen LogP contribution in [0.1, 0.15) is 33.3 Å². The fourth-order valence-corrected chi connectivity index (χ4v) is 3.20. The summed E-state index contributed by atoms with van der Waals surface area (Å²) in [5, 5.41) is 5.84. The largest absolute Gasteiger partial charge is 0.372 e. The highest BCUT2D eigenvalue weighted by Crippen LogP contribution is 2.23. The van der Waals surface area contributed by atoms with Gasteiger partial charge in [-0.1, -0.05) is 0 Å². The van der Waals surface area contributed by atoms with E-state index in [4.69, 9.17) is 0 Å². The number of carbonyl (C=O) groups is 1. The molecule has 5 nitrogen and oxygen atoms in total. The number of hydrogen-bond acceptors (Lipinski definition) is 3. The molecule has 0 saturated heterocycles. The third-order valence-electron chi connectivity index (χ3n) is 4.84. The number of rotatable bonds is 8. The Labute approximate surface area is 163 Å². The minimum Gasteiger partial charge on any atom is -0.372 e. The second-order valence-corrected chi connectivity index (χ2v) is 6.47. The number of hydrogen-bond donors (Lipinski definition) is 2. The van der Waals surface area contributed by atoms with Gasteiger partial charge in [0.2, 0.25) is 0 Å². The minimum absolute atomic E-state index is 0.232. The summed E-state index contributed by atoms with van der Waals surface area (Å²) in [4.78, 5) is 16.9. The standard InChI is InChI=1S/C22H32N4O/c1-6-25(7-2)19-12-10-18(11-13-19)23-22(27)24-21-15-14-20(16-17(21)5)26(8-3)9-4/h10-16H,6-9H2,1-5H3,(H2,23,24,27). The molecule has 0 aromatic heterocycles. The topological polar surface area (TPSA) is 47.6 Å². The summed E-state index contributed by atoms with van der Waals surface area (Å²) in [6.07, 6.45) is 0. The van der Waals surface area contributed by atoms with Gasteiger partial charge in [-0.25, -0.2) is 4.79 Å². The maximum absolute atomic E-state index is 12.4. The van der Waals surface area contributed by atoms with Gasteiger partial charge in [0, 0.05) is 48.9 Å². The summed E-state index contributed by atoms with van der Waals surface area (Å²) in [5.74, 6) is 0. The molecule has 0 atom stereocenters. The Morgan fingerprint density at radius 2 is 1.30 bits per heavy atom. The third-order valence-corrected chi connectivity index (χ3v) is 4.84. The van der Waals surface area contributed by atoms with E-state index < -0.39 is 0 Å². The monoisotopic (exact) mass is 368 g/mol. The van der Waals surface area contributed by atoms with Gasteiger partial charge < -0.3 is 20.4 Å². The lowest BCUT2D eigenvalue weighted by molar-refractivity contribution is 0.262. The molecule has 0 aliphatic carbocycles. The van der Waals surface area contributed by atoms with Gasteiger partial charge in [-0.3, -0.25) is 0 Å². The fraction of sp³-hybridized carbons (Fsp3) is 0.409. The van der Waals surface area contributed by atoms with Gasteiger partial charge in [0.1, 0.15) is 0 Å². The second kappa shape index (κ2) is 9.86. The van der Waals surface area contributed by atoms with Crippen molar-refractivity contribution in [3.05, 3.63) is 48.0 Å². The summed E-state index contributed by atoms with van der Waals surface area (Å²) in [6, 6.07) is 13.8. The first-order valence-electron chi connectivity index (χ1n) is 9.80. The smallest absolute Gasteiger partial charge is 0.323 e. The Kier molecular flexibility index (Phi) is 7.53. The van der Waals surface area contributed by atoms with E-state index in [1.807, 2.05) is 37.3 Å². The van der Waals surface area contributed by atoms with Gasteiger partial charge in [-0.05, 0) is 82.6 Å². The Balaban J connectivity index is 2.01. The van der Waals surface area contributed by atoms with E-state index in [0.717, 1.165) is 48.8 Å². The zero-order chi connectivity index (χ0) is 19.8. The van der Waals surface area contributed by atoms with E-state index in [9.17, 15) is 4.79 Å². The van der Waals surface area contributed by atoms with Crippen LogP contribution in [0.15, 0.2) is 42.5 Å². The number of benzene rings is 2. The molecule has 2 aromatic carbocycles. The van der Waals surface area contributed by atoms with Gasteiger partial charge >= 0.3 is 6.03 Å². The molecule has 0 aliphatic heterocycles. The summed E-state index contributed by atoms with van der Waals surface area (Å²) in [6.45, 7) is 14.4. The predicted octanol–water partition coefficient (Wildman–Crippen LogP) is 5.33. The van der Waals surface area contributed by atoms with E-state index in [1.165, 1.54) is 5.69 Å². The molecule has 5 heteroatoms. The van der Waals surface area contributed by atoms with Crippen molar-refractivity contribution in [1.29, 1.82) is 0 Å². The molecule has 0 fully saturated rings. The number of carbonyl (C=O) groups excluding carboxylic acids is 1. The molecule has 2 N–H and O–H groups in total. The highest BCUT2D eigenvalue weighted by atomic mass is 16.2. The number of aryl methyl sites for hydroxylation is 1. The van der Waals surface area contributed by atoms with Crippen molar-refractivity contribution in [3.8, 4) is 0 Å². The molecule has 2 aromatic rings. The van der Waals surface area contributed by atoms with Crippen LogP contribution in [0.4, 0.5) is 27.5 Å². The van der Waals surface area contributed by atoms with Gasteiger partial charge in [0.05, 0.1) is 0 Å². The highest BCUT2D eigenvalue weighted by Gasteiger charge is 2.09. The molecule has 2 amide bonds. The lowest BCUT2D eigenvalue weighted by Gasteiger charge is -2.22. The molecule has 0 heterocycles. The van der Waals surface area contributed by atoms with Gasteiger partial charge in [0.25, 0.3) is 0 Å². The molecule has 27 heavy (non-hydrogen) atoms. The molecular formula is C22H32N4O. The normalized spacial score (nSPS) is 10.4. The fourth-order valence-electron chi connectivity index (χ4n) is 3.20. The third kappa shape index (κ3) is 5.39. The molecule has 0 saturated carbocycles. The Morgan fingerprint density at radius 1 is 0.778 bits per heavy atom. The van der Waals surface area contributed by atoms with E-state index >= 15 is 0 Å². The van der Waals surface area contributed by atoms with Crippen molar-refractivity contribution >= 4 is 28.8 Å². The average molecular weight is 369 g/mol. The van der Waals surface area contributed by atoms with Crippen LogP contribution in [0.2, 0.25) is 0 Å². The quantitative estimate of drug-likeness (QED) is 0.662. The maximum atomic E-state index is 12.4. The van der Waals surface area contributed by atoms with Crippen LogP contribution >= 0.6 is 0 Å². The lowest BCUT2D eigenvalue weighted by Crippen LogP contribution is -2.23. The van der Waals surface area contributed by atoms with Crippen molar-refractivity contribution in [2.24, 2.45) is 0 Å². The van der Waals surface area contributed by atoms with Crippen LogP contribution in [0, 0.1) is 6.92 Å². The number of nitrogens with one attached hydrogen (secondary N) is 2. The van der Waals surface area contributed by atoms with Crippen LogP contribution in [0.25, 0.3) is 0 Å². The average Bonchev–Trinajstić information content (AvgIpc) is 2.67. The first-order valence-corrected chi connectivity index (χ1v) is 9.80. The summed E-state index contributed by atoms with van der Waals surface area (Å²) >= 11 is 0. The Hall–Kier alpha value is -2.69. The maximum Gasteiger partial charge on any atom is 0.323 e. The zero-order valence-electron chi connectivity index (χ0n) is 17.2. The molecule has 0 bridgehead atoms. The molecule has 0 spiro atoms. The van der Waals surface area contributed by atoms with E-state index in [1.54, 1.807) is 0 Å². The molecular weight excluding hydrogens is 336 g/mol. The van der Waals surface area contributed by atoms with Crippen molar-refractivity contribution in [1.82, 2.24) is 0 Å². The van der Waals surface area contributed by atoms with Gasteiger partial charge in [-0.2, -0.15) is 0 Å². The molecule has 146 valence electrons. The van der Waals surface area contributed by atoms with Crippen LogP contribution in [-0.4, -0.2) is 32.2 Å². The number of urea groups is 1. The highest BCUT2D eigenvalue weighted by molar-refractivity contribution is 6.00. The van der Waals surface area contributed by atoms with Crippen LogP contribution < -0.4 is 20.4 Å². The zero-order valence-corrected chi connectivity index (χ0v) is 17.2. The molecule has 0 unspecified atom stereocenters. The minimum atomic E-state index is -0.232. The Bertz CT molecular complexity index is 734. The van der Waals surface area contributed by atoms with Crippen molar-refractivity contribution in [2.45, 2.75) is 34.6 Å².